The fourth-order valence-electron chi connectivity index (χ4n) is 2.57. The van der Waals surface area contributed by atoms with Crippen LogP contribution in [0.4, 0.5) is 0 Å². The molecule has 4 nitrogen and oxygen atoms in total. The predicted octanol–water partition coefficient (Wildman–Crippen LogP) is 1.86. The molecule has 18 heavy (non-hydrogen) atoms. The van der Waals surface area contributed by atoms with Gasteiger partial charge in [0.1, 0.15) is 5.65 Å². The van der Waals surface area contributed by atoms with E-state index < -0.39 is 0 Å². The molecule has 1 fully saturated rings. The molecule has 0 bridgehead atoms. The van der Waals surface area contributed by atoms with Gasteiger partial charge in [0.25, 0.3) is 0 Å². The van der Waals surface area contributed by atoms with E-state index in [9.17, 15) is 0 Å². The number of aryl methyl sites for hydroxylation is 1. The number of likely N-dealkylation sites (tertiary alicyclic amines) is 1. The number of rotatable bonds is 3. The molecule has 2 aromatic rings. The van der Waals surface area contributed by atoms with Crippen LogP contribution in [0.15, 0.2) is 24.5 Å². The third-order valence-corrected chi connectivity index (χ3v) is 3.61. The molecule has 3 heterocycles. The van der Waals surface area contributed by atoms with Gasteiger partial charge in [-0.1, -0.05) is 0 Å². The number of pyridine rings is 1. The van der Waals surface area contributed by atoms with Crippen molar-refractivity contribution in [2.24, 2.45) is 0 Å². The number of hydrogen-bond acceptors (Lipinski definition) is 3. The molecule has 0 radical (unpaired) electrons. The first kappa shape index (κ1) is 11.7. The first-order valence-electron chi connectivity index (χ1n) is 6.44. The molecular formula is C14H19N3O. The van der Waals surface area contributed by atoms with E-state index in [0.717, 1.165) is 37.4 Å². The molecule has 0 N–H and O–H groups in total. The van der Waals surface area contributed by atoms with Crippen LogP contribution in [0.25, 0.3) is 5.65 Å². The van der Waals surface area contributed by atoms with Gasteiger partial charge in [-0.25, -0.2) is 4.98 Å². The number of ether oxygens (including phenoxy) is 1. The summed E-state index contributed by atoms with van der Waals surface area (Å²) in [4.78, 5) is 7.07. The maximum atomic E-state index is 5.39. The topological polar surface area (TPSA) is 29.8 Å². The molecule has 0 saturated carbocycles. The zero-order valence-corrected chi connectivity index (χ0v) is 11.0. The maximum Gasteiger partial charge on any atom is 0.137 e. The Balaban J connectivity index is 1.75. The number of hydrogen-bond donors (Lipinski definition) is 0. The second-order valence-electron chi connectivity index (χ2n) is 5.08. The maximum absolute atomic E-state index is 5.39. The largest absolute Gasteiger partial charge is 0.380 e. The van der Waals surface area contributed by atoms with Crippen molar-refractivity contribution in [2.45, 2.75) is 26.0 Å². The fourth-order valence-corrected chi connectivity index (χ4v) is 2.57. The van der Waals surface area contributed by atoms with Crippen LogP contribution in [0.3, 0.4) is 0 Å². The van der Waals surface area contributed by atoms with Gasteiger partial charge in [0.15, 0.2) is 0 Å². The molecule has 3 rings (SSSR count). The molecule has 0 amide bonds. The minimum atomic E-state index is 0.393. The minimum Gasteiger partial charge on any atom is -0.380 e. The van der Waals surface area contributed by atoms with E-state index in [0.29, 0.717) is 6.10 Å². The van der Waals surface area contributed by atoms with E-state index in [1.54, 1.807) is 7.11 Å². The van der Waals surface area contributed by atoms with Crippen LogP contribution in [0.5, 0.6) is 0 Å². The monoisotopic (exact) mass is 245 g/mol. The molecule has 0 aromatic carbocycles. The molecule has 0 aliphatic carbocycles. The smallest absolute Gasteiger partial charge is 0.137 e. The summed E-state index contributed by atoms with van der Waals surface area (Å²) in [6, 6.07) is 4.22. The van der Waals surface area contributed by atoms with Gasteiger partial charge in [0, 0.05) is 39.1 Å². The highest BCUT2D eigenvalue weighted by atomic mass is 16.5. The van der Waals surface area contributed by atoms with Crippen molar-refractivity contribution >= 4 is 5.65 Å². The highest BCUT2D eigenvalue weighted by molar-refractivity contribution is 5.42. The Bertz CT molecular complexity index is 549. The lowest BCUT2D eigenvalue weighted by Crippen LogP contribution is -2.22. The lowest BCUT2D eigenvalue weighted by Gasteiger charge is -2.13. The van der Waals surface area contributed by atoms with Crippen molar-refractivity contribution in [3.63, 3.8) is 0 Å². The van der Waals surface area contributed by atoms with Crippen LogP contribution in [0.2, 0.25) is 0 Å². The SMILES string of the molecule is CO[C@H]1CCN(Cc2cn3ccc(C)cc3n2)C1. The van der Waals surface area contributed by atoms with Gasteiger partial charge in [-0.05, 0) is 31.0 Å². The summed E-state index contributed by atoms with van der Waals surface area (Å²) in [7, 11) is 1.79. The number of methoxy groups -OCH3 is 1. The molecule has 1 saturated heterocycles. The zero-order chi connectivity index (χ0) is 12.5. The summed E-state index contributed by atoms with van der Waals surface area (Å²) in [5, 5.41) is 0. The van der Waals surface area contributed by atoms with Crippen molar-refractivity contribution < 1.29 is 4.74 Å². The van der Waals surface area contributed by atoms with E-state index in [2.05, 4.69) is 45.7 Å². The molecule has 0 spiro atoms. The molecule has 96 valence electrons. The average molecular weight is 245 g/mol. The van der Waals surface area contributed by atoms with Crippen LogP contribution < -0.4 is 0 Å². The summed E-state index contributed by atoms with van der Waals surface area (Å²) in [6.07, 6.45) is 5.71. The van der Waals surface area contributed by atoms with Gasteiger partial charge in [-0.15, -0.1) is 0 Å². The average Bonchev–Trinajstić information content (AvgIpc) is 2.95. The van der Waals surface area contributed by atoms with E-state index in [1.165, 1.54) is 5.56 Å². The van der Waals surface area contributed by atoms with Crippen LogP contribution in [0.1, 0.15) is 17.7 Å². The predicted molar refractivity (Wildman–Crippen MR) is 70.6 cm³/mol. The van der Waals surface area contributed by atoms with Gasteiger partial charge < -0.3 is 9.14 Å². The first-order valence-corrected chi connectivity index (χ1v) is 6.44. The minimum absolute atomic E-state index is 0.393. The number of aromatic nitrogens is 2. The van der Waals surface area contributed by atoms with Crippen molar-refractivity contribution in [2.75, 3.05) is 20.2 Å². The Morgan fingerprint density at radius 1 is 1.50 bits per heavy atom. The zero-order valence-electron chi connectivity index (χ0n) is 11.0. The third kappa shape index (κ3) is 2.26. The molecular weight excluding hydrogens is 226 g/mol. The summed E-state index contributed by atoms with van der Waals surface area (Å²) < 4.78 is 7.48. The number of fused-ring (bicyclic) bond motifs is 1. The molecule has 1 aliphatic heterocycles. The first-order chi connectivity index (χ1) is 8.74. The highest BCUT2D eigenvalue weighted by Gasteiger charge is 2.22. The summed E-state index contributed by atoms with van der Waals surface area (Å²) in [5.74, 6) is 0. The Morgan fingerprint density at radius 3 is 3.17 bits per heavy atom. The molecule has 0 unspecified atom stereocenters. The van der Waals surface area contributed by atoms with Crippen molar-refractivity contribution in [1.82, 2.24) is 14.3 Å². The number of nitrogens with zero attached hydrogens (tertiary/aromatic N) is 3. The molecule has 1 atom stereocenters. The lowest BCUT2D eigenvalue weighted by molar-refractivity contribution is 0.107. The van der Waals surface area contributed by atoms with Gasteiger partial charge in [-0.2, -0.15) is 0 Å². The van der Waals surface area contributed by atoms with E-state index in [4.69, 9.17) is 4.74 Å². The van der Waals surface area contributed by atoms with E-state index >= 15 is 0 Å². The van der Waals surface area contributed by atoms with E-state index in [1.807, 2.05) is 0 Å². The lowest BCUT2D eigenvalue weighted by atomic mass is 10.3. The van der Waals surface area contributed by atoms with Crippen molar-refractivity contribution in [1.29, 1.82) is 0 Å². The van der Waals surface area contributed by atoms with Gasteiger partial charge >= 0.3 is 0 Å². The van der Waals surface area contributed by atoms with Crippen molar-refractivity contribution in [3.8, 4) is 0 Å². The van der Waals surface area contributed by atoms with Gasteiger partial charge in [0.05, 0.1) is 11.8 Å². The van der Waals surface area contributed by atoms with Crippen molar-refractivity contribution in [3.05, 3.63) is 35.8 Å². The highest BCUT2D eigenvalue weighted by Crippen LogP contribution is 2.15. The number of imidazole rings is 1. The fraction of sp³-hybridized carbons (Fsp3) is 0.500. The summed E-state index contributed by atoms with van der Waals surface area (Å²) in [6.45, 7) is 5.13. The third-order valence-electron chi connectivity index (χ3n) is 3.61. The Morgan fingerprint density at radius 2 is 2.39 bits per heavy atom. The summed E-state index contributed by atoms with van der Waals surface area (Å²) >= 11 is 0. The van der Waals surface area contributed by atoms with E-state index in [-0.39, 0.29) is 0 Å². The second-order valence-corrected chi connectivity index (χ2v) is 5.08. The van der Waals surface area contributed by atoms with Crippen LogP contribution in [-0.4, -0.2) is 40.6 Å². The molecule has 2 aromatic heterocycles. The van der Waals surface area contributed by atoms with Gasteiger partial charge in [0.2, 0.25) is 0 Å². The van der Waals surface area contributed by atoms with Crippen LogP contribution >= 0.6 is 0 Å². The second kappa shape index (κ2) is 4.71. The normalized spacial score (nSPS) is 20.9. The molecule has 1 aliphatic rings. The Labute approximate surface area is 107 Å². The van der Waals surface area contributed by atoms with Gasteiger partial charge in [-0.3, -0.25) is 4.90 Å². The standard InChI is InChI=1S/C14H19N3O/c1-11-3-6-17-9-12(15-14(17)7-11)8-16-5-4-13(10-16)18-2/h3,6-7,9,13H,4-5,8,10H2,1-2H3/t13-/m0/s1. The Kier molecular flexibility index (Phi) is 3.06. The summed E-state index contributed by atoms with van der Waals surface area (Å²) in [5.41, 5.74) is 3.42. The Hall–Kier alpha value is -1.39. The molecule has 4 heteroatoms. The van der Waals surface area contributed by atoms with Crippen LogP contribution in [-0.2, 0) is 11.3 Å². The quantitative estimate of drug-likeness (QED) is 0.826. The van der Waals surface area contributed by atoms with Crippen LogP contribution in [0, 0.1) is 6.92 Å².